The number of hydrogen-bond acceptors (Lipinski definition) is 9. The molecule has 0 saturated carbocycles. The Bertz CT molecular complexity index is 793. The molecule has 11 nitrogen and oxygen atoms in total. The third kappa shape index (κ3) is 2.73. The van der Waals surface area contributed by atoms with Crippen molar-refractivity contribution in [2.24, 2.45) is 35.9 Å². The predicted molar refractivity (Wildman–Crippen MR) is 89.0 cm³/mol. The lowest BCUT2D eigenvalue weighted by Crippen LogP contribution is -2.49. The number of hydrogen-bond donors (Lipinski definition) is 1. The second-order valence-corrected chi connectivity index (χ2v) is 5.53. The van der Waals surface area contributed by atoms with E-state index in [4.69, 9.17) is 4.74 Å². The van der Waals surface area contributed by atoms with Crippen LogP contribution in [0.4, 0.5) is 0 Å². The van der Waals surface area contributed by atoms with E-state index in [1.807, 2.05) is 0 Å². The second kappa shape index (κ2) is 6.00. The van der Waals surface area contributed by atoms with Crippen LogP contribution in [0.25, 0.3) is 0 Å². The molecular formula is C14H13N7O4. The summed E-state index contributed by atoms with van der Waals surface area (Å²) in [5.41, 5.74) is 1.04. The second-order valence-electron chi connectivity index (χ2n) is 5.53. The summed E-state index contributed by atoms with van der Waals surface area (Å²) < 4.78 is 5.88. The van der Waals surface area contributed by atoms with Gasteiger partial charge in [-0.05, 0) is 0 Å². The number of carboxylic acids is 1. The van der Waals surface area contributed by atoms with E-state index >= 15 is 0 Å². The van der Waals surface area contributed by atoms with Gasteiger partial charge in [0.05, 0.1) is 6.54 Å². The molecule has 1 N–H and O–H groups in total. The normalized spacial score (nSPS) is 24.3. The standard InChI is InChI=1S/C14H13N7O4/c22-10-3-17-14-20-12(7(13(23)24)4-21(10)14)25-11(8-1-15-5-18-8)9-2-16-6-19-9/h1-2,7,11H,3-6H2,(H,23,24). The largest absolute Gasteiger partial charge is 0.481 e. The van der Waals surface area contributed by atoms with Crippen molar-refractivity contribution in [2.75, 3.05) is 26.4 Å². The van der Waals surface area contributed by atoms with Gasteiger partial charge < -0.3 is 9.84 Å². The molecule has 128 valence electrons. The lowest BCUT2D eigenvalue weighted by molar-refractivity contribution is -0.140. The molecule has 25 heavy (non-hydrogen) atoms. The Kier molecular flexibility index (Phi) is 3.67. The van der Waals surface area contributed by atoms with Crippen molar-refractivity contribution in [3.05, 3.63) is 0 Å². The van der Waals surface area contributed by atoms with Gasteiger partial charge in [0.1, 0.15) is 31.3 Å². The van der Waals surface area contributed by atoms with Gasteiger partial charge in [0.15, 0.2) is 12.0 Å². The van der Waals surface area contributed by atoms with Gasteiger partial charge in [-0.25, -0.2) is 4.99 Å². The number of aliphatic carboxylic acids is 1. The van der Waals surface area contributed by atoms with E-state index < -0.39 is 18.0 Å². The lowest BCUT2D eigenvalue weighted by Gasteiger charge is -2.28. The maximum Gasteiger partial charge on any atom is 0.317 e. The summed E-state index contributed by atoms with van der Waals surface area (Å²) in [6, 6.07) is 0. The molecule has 0 aromatic rings. The number of carbonyl (C=O) groups is 2. The van der Waals surface area contributed by atoms with E-state index in [0.717, 1.165) is 0 Å². The van der Waals surface area contributed by atoms with Gasteiger partial charge in [0.2, 0.25) is 11.9 Å². The van der Waals surface area contributed by atoms with Gasteiger partial charge in [0.25, 0.3) is 5.91 Å². The van der Waals surface area contributed by atoms with Crippen LogP contribution in [-0.4, -0.2) is 90.1 Å². The fourth-order valence-corrected chi connectivity index (χ4v) is 2.72. The van der Waals surface area contributed by atoms with Crippen molar-refractivity contribution >= 4 is 47.6 Å². The molecule has 0 spiro atoms. The molecule has 11 heteroatoms. The molecule has 0 bridgehead atoms. The molecule has 0 saturated heterocycles. The maximum atomic E-state index is 11.8. The van der Waals surface area contributed by atoms with E-state index in [1.54, 1.807) is 12.4 Å². The van der Waals surface area contributed by atoms with Crippen molar-refractivity contribution in [3.63, 3.8) is 0 Å². The number of guanidine groups is 1. The first-order valence-electron chi connectivity index (χ1n) is 7.54. The zero-order chi connectivity index (χ0) is 17.4. The van der Waals surface area contributed by atoms with Gasteiger partial charge in [-0.3, -0.25) is 34.5 Å². The highest BCUT2D eigenvalue weighted by atomic mass is 16.5. The zero-order valence-corrected chi connectivity index (χ0v) is 12.9. The van der Waals surface area contributed by atoms with Gasteiger partial charge in [-0.15, -0.1) is 0 Å². The van der Waals surface area contributed by atoms with Gasteiger partial charge in [0, 0.05) is 12.4 Å². The van der Waals surface area contributed by atoms with Crippen molar-refractivity contribution < 1.29 is 19.4 Å². The molecule has 4 heterocycles. The summed E-state index contributed by atoms with van der Waals surface area (Å²) in [5.74, 6) is -2.38. The van der Waals surface area contributed by atoms with E-state index in [2.05, 4.69) is 30.0 Å². The summed E-state index contributed by atoms with van der Waals surface area (Å²) >= 11 is 0. The first-order valence-corrected chi connectivity index (χ1v) is 7.54. The predicted octanol–water partition coefficient (Wildman–Crippen LogP) is -1.35. The summed E-state index contributed by atoms with van der Waals surface area (Å²) in [5, 5.41) is 9.51. The molecule has 0 aliphatic carbocycles. The summed E-state index contributed by atoms with van der Waals surface area (Å²) in [6.07, 6.45) is 2.37. The molecule has 1 atom stereocenters. The molecule has 0 aromatic heterocycles. The SMILES string of the molecule is O=C(O)C1CN2C(=O)CN=C2N=C1OC(C1=NCN=C1)C1=NCN=C1. The molecule has 1 amide bonds. The van der Waals surface area contributed by atoms with Crippen molar-refractivity contribution in [1.82, 2.24) is 4.90 Å². The minimum atomic E-state index is -1.14. The van der Waals surface area contributed by atoms with Gasteiger partial charge in [-0.1, -0.05) is 0 Å². The highest BCUT2D eigenvalue weighted by molar-refractivity contribution is 6.48. The van der Waals surface area contributed by atoms with E-state index in [9.17, 15) is 14.7 Å². The van der Waals surface area contributed by atoms with Crippen LogP contribution in [-0.2, 0) is 14.3 Å². The molecule has 4 aliphatic heterocycles. The Morgan fingerprint density at radius 2 is 1.88 bits per heavy atom. The number of fused-ring (bicyclic) bond motifs is 1. The van der Waals surface area contributed by atoms with Crippen LogP contribution in [0.15, 0.2) is 30.0 Å². The Balaban J connectivity index is 1.66. The Hall–Kier alpha value is -3.24. The first-order chi connectivity index (χ1) is 12.1. The Morgan fingerprint density at radius 3 is 2.44 bits per heavy atom. The average Bonchev–Trinajstić information content (AvgIpc) is 3.35. The first kappa shape index (κ1) is 15.3. The molecule has 0 fully saturated rings. The number of rotatable bonds is 4. The number of aliphatic imine (C=N–C) groups is 6. The van der Waals surface area contributed by atoms with Crippen LogP contribution >= 0.6 is 0 Å². The minimum Gasteiger partial charge on any atom is -0.481 e. The van der Waals surface area contributed by atoms with Crippen molar-refractivity contribution in [1.29, 1.82) is 0 Å². The summed E-state index contributed by atoms with van der Waals surface area (Å²) in [6.45, 7) is 0.452. The Labute approximate surface area is 141 Å². The van der Waals surface area contributed by atoms with Gasteiger partial charge in [-0.2, -0.15) is 4.99 Å². The van der Waals surface area contributed by atoms with E-state index in [-0.39, 0.29) is 44.2 Å². The zero-order valence-electron chi connectivity index (χ0n) is 12.9. The van der Waals surface area contributed by atoms with Crippen LogP contribution in [0.5, 0.6) is 0 Å². The molecule has 0 aromatic carbocycles. The van der Waals surface area contributed by atoms with Crippen molar-refractivity contribution in [3.8, 4) is 0 Å². The topological polar surface area (TPSA) is 141 Å². The summed E-state index contributed by atoms with van der Waals surface area (Å²) in [4.78, 5) is 49.3. The lowest BCUT2D eigenvalue weighted by atomic mass is 10.1. The maximum absolute atomic E-state index is 11.8. The molecular weight excluding hydrogens is 330 g/mol. The van der Waals surface area contributed by atoms with Gasteiger partial charge >= 0.3 is 5.97 Å². The van der Waals surface area contributed by atoms with Crippen LogP contribution < -0.4 is 0 Å². The third-order valence-electron chi connectivity index (χ3n) is 3.96. The molecule has 4 aliphatic rings. The van der Waals surface area contributed by atoms with E-state index in [1.165, 1.54) is 4.90 Å². The van der Waals surface area contributed by atoms with Crippen molar-refractivity contribution in [2.45, 2.75) is 6.10 Å². The highest BCUT2D eigenvalue weighted by Gasteiger charge is 2.41. The van der Waals surface area contributed by atoms with E-state index in [0.29, 0.717) is 11.4 Å². The van der Waals surface area contributed by atoms with Crippen LogP contribution in [0.2, 0.25) is 0 Å². The number of ether oxygens (including phenoxy) is 1. The highest BCUT2D eigenvalue weighted by Crippen LogP contribution is 2.20. The van der Waals surface area contributed by atoms with Crippen LogP contribution in [0.1, 0.15) is 0 Å². The molecule has 4 rings (SSSR count). The average molecular weight is 343 g/mol. The fraction of sp³-hybridized carbons (Fsp3) is 0.429. The minimum absolute atomic E-state index is 0.0341. The number of amides is 1. The van der Waals surface area contributed by atoms with Crippen LogP contribution in [0, 0.1) is 5.92 Å². The number of carboxylic acid groups (broad SMARTS) is 1. The number of nitrogens with zero attached hydrogens (tertiary/aromatic N) is 7. The van der Waals surface area contributed by atoms with Crippen LogP contribution in [0.3, 0.4) is 0 Å². The monoisotopic (exact) mass is 343 g/mol. The quantitative estimate of drug-likeness (QED) is 0.673. The Morgan fingerprint density at radius 1 is 1.20 bits per heavy atom. The smallest absolute Gasteiger partial charge is 0.317 e. The third-order valence-corrected chi connectivity index (χ3v) is 3.96. The molecule has 1 unspecified atom stereocenters. The fourth-order valence-electron chi connectivity index (χ4n) is 2.72. The molecule has 0 radical (unpaired) electrons. The summed E-state index contributed by atoms with van der Waals surface area (Å²) in [7, 11) is 0. The number of carbonyl (C=O) groups excluding carboxylic acids is 1.